The van der Waals surface area contributed by atoms with Crippen LogP contribution < -0.4 is 11.1 Å². The predicted molar refractivity (Wildman–Crippen MR) is 81.9 cm³/mol. The summed E-state index contributed by atoms with van der Waals surface area (Å²) in [5.41, 5.74) is 6.27. The van der Waals surface area contributed by atoms with Crippen LogP contribution in [0.2, 0.25) is 0 Å². The highest BCUT2D eigenvalue weighted by atomic mass is 16.5. The molecule has 0 radical (unpaired) electrons. The van der Waals surface area contributed by atoms with Gasteiger partial charge in [0.25, 0.3) is 0 Å². The number of hydrogen-bond acceptors (Lipinski definition) is 4. The first-order valence-corrected chi connectivity index (χ1v) is 6.81. The Balaban J connectivity index is 3.67. The van der Waals surface area contributed by atoms with Crippen LogP contribution in [0.4, 0.5) is 4.79 Å². The summed E-state index contributed by atoms with van der Waals surface area (Å²) in [7, 11) is 0. The molecule has 0 heterocycles. The number of hydrogen-bond donors (Lipinski definition) is 3. The highest BCUT2D eigenvalue weighted by Gasteiger charge is 2.10. The summed E-state index contributed by atoms with van der Waals surface area (Å²) in [5.74, 6) is -1.00. The fourth-order valence-electron chi connectivity index (χ4n) is 1.38. The van der Waals surface area contributed by atoms with E-state index in [2.05, 4.69) is 11.9 Å². The first-order valence-electron chi connectivity index (χ1n) is 6.81. The van der Waals surface area contributed by atoms with Gasteiger partial charge in [-0.1, -0.05) is 30.9 Å². The number of carbonyl (C=O) groups is 2. The average Bonchev–Trinajstić information content (AvgIpc) is 2.44. The second kappa shape index (κ2) is 11.7. The second-order valence-electron chi connectivity index (χ2n) is 4.58. The van der Waals surface area contributed by atoms with Crippen molar-refractivity contribution in [3.05, 3.63) is 36.5 Å². The lowest BCUT2D eigenvalue weighted by molar-refractivity contribution is -0.138. The van der Waals surface area contributed by atoms with Gasteiger partial charge < -0.3 is 20.9 Å². The highest BCUT2D eigenvalue weighted by molar-refractivity contribution is 5.72. The number of carbonyl (C=O) groups excluding carboxylic acids is 1. The van der Waals surface area contributed by atoms with Crippen LogP contribution in [0.15, 0.2) is 36.5 Å². The molecule has 6 nitrogen and oxygen atoms in total. The van der Waals surface area contributed by atoms with E-state index in [0.29, 0.717) is 25.8 Å². The molecule has 0 rings (SSSR count). The van der Waals surface area contributed by atoms with Gasteiger partial charge in [-0.2, -0.15) is 0 Å². The van der Waals surface area contributed by atoms with Crippen molar-refractivity contribution in [1.82, 2.24) is 5.32 Å². The Morgan fingerprint density at radius 3 is 2.71 bits per heavy atom. The first-order chi connectivity index (χ1) is 9.97. The molecule has 0 unspecified atom stereocenters. The fourth-order valence-corrected chi connectivity index (χ4v) is 1.38. The third kappa shape index (κ3) is 11.4. The molecule has 1 amide bonds. The van der Waals surface area contributed by atoms with E-state index in [0.717, 1.165) is 5.57 Å². The zero-order valence-electron chi connectivity index (χ0n) is 12.4. The predicted octanol–water partition coefficient (Wildman–Crippen LogP) is 1.98. The van der Waals surface area contributed by atoms with E-state index >= 15 is 0 Å². The van der Waals surface area contributed by atoms with Gasteiger partial charge in [0.15, 0.2) is 0 Å². The number of carboxylic acids is 1. The van der Waals surface area contributed by atoms with Crippen molar-refractivity contribution in [3.8, 4) is 0 Å². The largest absolute Gasteiger partial charge is 0.480 e. The Labute approximate surface area is 125 Å². The molecule has 0 spiro atoms. The molecule has 0 bridgehead atoms. The maximum Gasteiger partial charge on any atom is 0.407 e. The fraction of sp³-hybridized carbons (Fsp3) is 0.467. The van der Waals surface area contributed by atoms with Crippen molar-refractivity contribution in [2.24, 2.45) is 5.73 Å². The van der Waals surface area contributed by atoms with E-state index in [1.54, 1.807) is 12.2 Å². The van der Waals surface area contributed by atoms with Crippen LogP contribution in [-0.2, 0) is 9.53 Å². The molecule has 6 heteroatoms. The molecule has 21 heavy (non-hydrogen) atoms. The van der Waals surface area contributed by atoms with Gasteiger partial charge in [0.2, 0.25) is 0 Å². The van der Waals surface area contributed by atoms with Gasteiger partial charge in [-0.05, 0) is 31.8 Å². The van der Waals surface area contributed by atoms with Crippen LogP contribution in [0.3, 0.4) is 0 Å². The van der Waals surface area contributed by atoms with Crippen molar-refractivity contribution >= 4 is 12.1 Å². The third-order valence-corrected chi connectivity index (χ3v) is 2.59. The molecule has 0 saturated heterocycles. The number of allylic oxidation sites excluding steroid dienone is 4. The molecule has 0 aromatic heterocycles. The summed E-state index contributed by atoms with van der Waals surface area (Å²) in [4.78, 5) is 21.9. The van der Waals surface area contributed by atoms with Crippen molar-refractivity contribution in [2.75, 3.05) is 13.2 Å². The lowest BCUT2D eigenvalue weighted by Crippen LogP contribution is -2.30. The van der Waals surface area contributed by atoms with Gasteiger partial charge in [0.1, 0.15) is 12.6 Å². The molecule has 4 N–H and O–H groups in total. The number of nitrogens with one attached hydrogen (secondary N) is 1. The molecule has 0 saturated carbocycles. The highest BCUT2D eigenvalue weighted by Crippen LogP contribution is 1.99. The summed E-state index contributed by atoms with van der Waals surface area (Å²) in [6, 6.07) is -0.839. The SMILES string of the molecule is C=C/C=C\C=C(/C)COC(=O)NCCCC[C@H](N)C(=O)O. The van der Waals surface area contributed by atoms with Crippen LogP contribution >= 0.6 is 0 Å². The molecule has 118 valence electrons. The van der Waals surface area contributed by atoms with E-state index in [1.807, 2.05) is 19.1 Å². The number of aliphatic carboxylic acids is 1. The quantitative estimate of drug-likeness (QED) is 0.422. The number of rotatable bonds is 10. The second-order valence-corrected chi connectivity index (χ2v) is 4.58. The van der Waals surface area contributed by atoms with Crippen molar-refractivity contribution in [1.29, 1.82) is 0 Å². The van der Waals surface area contributed by atoms with E-state index in [9.17, 15) is 9.59 Å². The third-order valence-electron chi connectivity index (χ3n) is 2.59. The molecule has 0 aromatic rings. The first kappa shape index (κ1) is 18.9. The maximum atomic E-state index is 11.4. The monoisotopic (exact) mass is 296 g/mol. The zero-order chi connectivity index (χ0) is 16.1. The molecule has 0 aliphatic rings. The normalized spacial score (nSPS) is 13.0. The summed E-state index contributed by atoms with van der Waals surface area (Å²) >= 11 is 0. The van der Waals surface area contributed by atoms with Gasteiger partial charge in [-0.3, -0.25) is 4.79 Å². The van der Waals surface area contributed by atoms with Crippen LogP contribution in [0.5, 0.6) is 0 Å². The summed E-state index contributed by atoms with van der Waals surface area (Å²) in [6.07, 6.45) is 8.30. The topological polar surface area (TPSA) is 102 Å². The zero-order valence-corrected chi connectivity index (χ0v) is 12.4. The number of amides is 1. The minimum Gasteiger partial charge on any atom is -0.480 e. The standard InChI is InChI=1S/C15H24N2O4/c1-3-4-5-8-12(2)11-21-15(20)17-10-7-6-9-13(16)14(18)19/h3-5,8,13H,1,6-7,9-11,16H2,2H3,(H,17,20)(H,18,19)/b5-4-,12-8+/t13-/m0/s1. The molecule has 0 aliphatic carbocycles. The van der Waals surface area contributed by atoms with Gasteiger partial charge in [0, 0.05) is 6.54 Å². The number of carboxylic acid groups (broad SMARTS) is 1. The summed E-state index contributed by atoms with van der Waals surface area (Å²) in [6.45, 7) is 6.06. The van der Waals surface area contributed by atoms with Gasteiger partial charge in [-0.25, -0.2) is 4.79 Å². The Bertz CT molecular complexity index is 402. The average molecular weight is 296 g/mol. The molecule has 0 aromatic carbocycles. The van der Waals surface area contributed by atoms with Gasteiger partial charge in [-0.15, -0.1) is 0 Å². The van der Waals surface area contributed by atoms with Gasteiger partial charge in [0.05, 0.1) is 0 Å². The van der Waals surface area contributed by atoms with E-state index in [-0.39, 0.29) is 6.61 Å². The Kier molecular flexibility index (Phi) is 10.6. The van der Waals surface area contributed by atoms with E-state index in [4.69, 9.17) is 15.6 Å². The lowest BCUT2D eigenvalue weighted by Gasteiger charge is -2.08. The Hall–Kier alpha value is -2.08. The molecule has 0 aliphatic heterocycles. The Morgan fingerprint density at radius 1 is 1.38 bits per heavy atom. The molecular formula is C15H24N2O4. The smallest absolute Gasteiger partial charge is 0.407 e. The Morgan fingerprint density at radius 2 is 2.10 bits per heavy atom. The van der Waals surface area contributed by atoms with E-state index in [1.165, 1.54) is 0 Å². The summed E-state index contributed by atoms with van der Waals surface area (Å²) < 4.78 is 5.00. The van der Waals surface area contributed by atoms with Crippen LogP contribution in [-0.4, -0.2) is 36.4 Å². The molecule has 1 atom stereocenters. The van der Waals surface area contributed by atoms with Crippen LogP contribution in [0.25, 0.3) is 0 Å². The van der Waals surface area contributed by atoms with Crippen molar-refractivity contribution < 1.29 is 19.4 Å². The minimum absolute atomic E-state index is 0.219. The molecule has 0 fully saturated rings. The van der Waals surface area contributed by atoms with Crippen molar-refractivity contribution in [2.45, 2.75) is 32.2 Å². The van der Waals surface area contributed by atoms with Gasteiger partial charge >= 0.3 is 12.1 Å². The maximum absolute atomic E-state index is 11.4. The van der Waals surface area contributed by atoms with E-state index < -0.39 is 18.1 Å². The van der Waals surface area contributed by atoms with Crippen molar-refractivity contribution in [3.63, 3.8) is 0 Å². The number of nitrogens with two attached hydrogens (primary N) is 1. The number of alkyl carbamates (subject to hydrolysis) is 1. The molecular weight excluding hydrogens is 272 g/mol. The number of unbranched alkanes of at least 4 members (excludes halogenated alkanes) is 1. The lowest BCUT2D eigenvalue weighted by atomic mass is 10.1. The summed E-state index contributed by atoms with van der Waals surface area (Å²) in [5, 5.41) is 11.2. The minimum atomic E-state index is -1.00. The number of ether oxygens (including phenoxy) is 1. The van der Waals surface area contributed by atoms with Crippen LogP contribution in [0, 0.1) is 0 Å². The van der Waals surface area contributed by atoms with Crippen LogP contribution in [0.1, 0.15) is 26.2 Å².